The van der Waals surface area contributed by atoms with Gasteiger partial charge in [-0.25, -0.2) is 9.97 Å². The van der Waals surface area contributed by atoms with E-state index in [1.807, 2.05) is 0 Å². The predicted octanol–water partition coefficient (Wildman–Crippen LogP) is 3.14. The maximum atomic E-state index is 11.8. The minimum absolute atomic E-state index is 0.186. The van der Waals surface area contributed by atoms with E-state index in [0.717, 1.165) is 4.47 Å². The molecule has 1 aromatic heterocycles. The Bertz CT molecular complexity index is 545. The van der Waals surface area contributed by atoms with E-state index < -0.39 is 0 Å². The number of anilines is 1. The van der Waals surface area contributed by atoms with Crippen LogP contribution in [0.15, 0.2) is 41.0 Å². The first-order valence-corrected chi connectivity index (χ1v) is 5.88. The summed E-state index contributed by atoms with van der Waals surface area (Å²) in [4.78, 5) is 19.5. The summed E-state index contributed by atoms with van der Waals surface area (Å²) in [5.74, 6) is -0.0924. The highest BCUT2D eigenvalue weighted by Crippen LogP contribution is 2.12. The van der Waals surface area contributed by atoms with Gasteiger partial charge in [0.1, 0.15) is 5.15 Å². The number of hydrogen-bond acceptors (Lipinski definition) is 3. The van der Waals surface area contributed by atoms with Crippen molar-refractivity contribution in [3.05, 3.63) is 51.7 Å². The Morgan fingerprint density at radius 3 is 2.59 bits per heavy atom. The van der Waals surface area contributed by atoms with Gasteiger partial charge in [0.15, 0.2) is 0 Å². The van der Waals surface area contributed by atoms with Gasteiger partial charge in [-0.1, -0.05) is 27.5 Å². The maximum absolute atomic E-state index is 11.8. The lowest BCUT2D eigenvalue weighted by molar-refractivity contribution is 0.102. The van der Waals surface area contributed by atoms with Crippen LogP contribution in [-0.4, -0.2) is 15.9 Å². The van der Waals surface area contributed by atoms with Crippen molar-refractivity contribution in [3.63, 3.8) is 0 Å². The van der Waals surface area contributed by atoms with Gasteiger partial charge in [-0.15, -0.1) is 0 Å². The maximum Gasteiger partial charge on any atom is 0.258 e. The monoisotopic (exact) mass is 311 g/mol. The number of rotatable bonds is 2. The molecule has 0 atom stereocenters. The fourth-order valence-electron chi connectivity index (χ4n) is 1.17. The van der Waals surface area contributed by atoms with Gasteiger partial charge in [0, 0.05) is 16.2 Å². The van der Waals surface area contributed by atoms with E-state index in [1.165, 1.54) is 12.3 Å². The van der Waals surface area contributed by atoms with E-state index in [-0.39, 0.29) is 17.0 Å². The quantitative estimate of drug-likeness (QED) is 0.867. The van der Waals surface area contributed by atoms with Crippen LogP contribution in [0.4, 0.5) is 5.95 Å². The molecule has 2 aromatic rings. The fraction of sp³-hybridized carbons (Fsp3) is 0. The standard InChI is InChI=1S/C11H7BrClN3O/c12-8-3-1-7(2-4-8)10(17)16-11-14-6-5-9(13)15-11/h1-6H,(H,14,15,16,17). The number of amides is 1. The van der Waals surface area contributed by atoms with E-state index in [2.05, 4.69) is 31.2 Å². The summed E-state index contributed by atoms with van der Waals surface area (Å²) in [6, 6.07) is 8.51. The van der Waals surface area contributed by atoms with E-state index in [0.29, 0.717) is 5.56 Å². The molecule has 0 saturated carbocycles. The molecule has 0 unspecified atom stereocenters. The molecule has 0 saturated heterocycles. The summed E-state index contributed by atoms with van der Waals surface area (Å²) in [7, 11) is 0. The highest BCUT2D eigenvalue weighted by molar-refractivity contribution is 9.10. The molecule has 0 aliphatic rings. The number of benzene rings is 1. The van der Waals surface area contributed by atoms with E-state index in [1.54, 1.807) is 24.3 Å². The van der Waals surface area contributed by atoms with Crippen LogP contribution in [0.1, 0.15) is 10.4 Å². The number of nitrogens with zero attached hydrogens (tertiary/aromatic N) is 2. The van der Waals surface area contributed by atoms with Gasteiger partial charge < -0.3 is 0 Å². The van der Waals surface area contributed by atoms with Crippen molar-refractivity contribution in [3.8, 4) is 0 Å². The average molecular weight is 313 g/mol. The molecule has 86 valence electrons. The van der Waals surface area contributed by atoms with Gasteiger partial charge in [-0.05, 0) is 30.3 Å². The smallest absolute Gasteiger partial charge is 0.258 e. The first-order chi connectivity index (χ1) is 8.15. The zero-order valence-corrected chi connectivity index (χ0v) is 10.9. The summed E-state index contributed by atoms with van der Waals surface area (Å²) in [6.07, 6.45) is 1.48. The molecule has 4 nitrogen and oxygen atoms in total. The van der Waals surface area contributed by atoms with E-state index in [9.17, 15) is 4.79 Å². The molecule has 0 fully saturated rings. The van der Waals surface area contributed by atoms with Crippen LogP contribution in [-0.2, 0) is 0 Å². The molecule has 0 aliphatic carbocycles. The van der Waals surface area contributed by atoms with Gasteiger partial charge in [0.05, 0.1) is 0 Å². The molecule has 0 spiro atoms. The van der Waals surface area contributed by atoms with E-state index >= 15 is 0 Å². The summed E-state index contributed by atoms with van der Waals surface area (Å²) in [5, 5.41) is 2.84. The second-order valence-electron chi connectivity index (χ2n) is 3.16. The van der Waals surface area contributed by atoms with Gasteiger partial charge in [0.2, 0.25) is 5.95 Å². The molecule has 17 heavy (non-hydrogen) atoms. The Morgan fingerprint density at radius 2 is 1.94 bits per heavy atom. The largest absolute Gasteiger partial charge is 0.290 e. The minimum atomic E-state index is -0.278. The molecule has 6 heteroatoms. The van der Waals surface area contributed by atoms with Crippen LogP contribution in [0, 0.1) is 0 Å². The molecule has 1 N–H and O–H groups in total. The highest BCUT2D eigenvalue weighted by Gasteiger charge is 2.07. The lowest BCUT2D eigenvalue weighted by atomic mass is 10.2. The van der Waals surface area contributed by atoms with Crippen LogP contribution in [0.3, 0.4) is 0 Å². The molecule has 1 heterocycles. The average Bonchev–Trinajstić information content (AvgIpc) is 2.29. The van der Waals surface area contributed by atoms with Crippen molar-refractivity contribution < 1.29 is 4.79 Å². The zero-order chi connectivity index (χ0) is 12.3. The molecule has 0 bridgehead atoms. The Balaban J connectivity index is 2.14. The number of hydrogen-bond donors (Lipinski definition) is 1. The molecule has 0 aliphatic heterocycles. The fourth-order valence-corrected chi connectivity index (χ4v) is 1.57. The van der Waals surface area contributed by atoms with Crippen molar-refractivity contribution in [1.82, 2.24) is 9.97 Å². The number of carbonyl (C=O) groups is 1. The predicted molar refractivity (Wildman–Crippen MR) is 69.1 cm³/mol. The van der Waals surface area contributed by atoms with Crippen LogP contribution in [0.25, 0.3) is 0 Å². The molecule has 1 amide bonds. The summed E-state index contributed by atoms with van der Waals surface area (Å²) >= 11 is 8.98. The number of aromatic nitrogens is 2. The van der Waals surface area contributed by atoms with Gasteiger partial charge in [0.25, 0.3) is 5.91 Å². The Morgan fingerprint density at radius 1 is 1.24 bits per heavy atom. The highest BCUT2D eigenvalue weighted by atomic mass is 79.9. The van der Waals surface area contributed by atoms with Crippen molar-refractivity contribution in [2.45, 2.75) is 0 Å². The van der Waals surface area contributed by atoms with E-state index in [4.69, 9.17) is 11.6 Å². The third kappa shape index (κ3) is 3.25. The normalized spacial score (nSPS) is 10.0. The SMILES string of the molecule is O=C(Nc1nccc(Cl)n1)c1ccc(Br)cc1. The topological polar surface area (TPSA) is 54.9 Å². The second kappa shape index (κ2) is 5.25. The Labute approximate surface area is 111 Å². The summed E-state index contributed by atoms with van der Waals surface area (Å²) < 4.78 is 0.910. The molecule has 0 radical (unpaired) electrons. The van der Waals surface area contributed by atoms with Crippen molar-refractivity contribution in [2.75, 3.05) is 5.32 Å². The lowest BCUT2D eigenvalue weighted by Gasteiger charge is -2.03. The number of halogens is 2. The van der Waals surface area contributed by atoms with Crippen LogP contribution in [0.5, 0.6) is 0 Å². The molecule has 2 rings (SSSR count). The summed E-state index contributed by atoms with van der Waals surface area (Å²) in [5.41, 5.74) is 0.525. The first kappa shape index (κ1) is 12.0. The van der Waals surface area contributed by atoms with Gasteiger partial charge in [-0.2, -0.15) is 0 Å². The van der Waals surface area contributed by atoms with Crippen LogP contribution in [0.2, 0.25) is 5.15 Å². The number of nitrogens with one attached hydrogen (secondary N) is 1. The van der Waals surface area contributed by atoms with Crippen molar-refractivity contribution in [2.24, 2.45) is 0 Å². The van der Waals surface area contributed by atoms with Gasteiger partial charge in [-0.3, -0.25) is 10.1 Å². The molecule has 1 aromatic carbocycles. The number of carbonyl (C=O) groups excluding carboxylic acids is 1. The molecular weight excluding hydrogens is 305 g/mol. The third-order valence-electron chi connectivity index (χ3n) is 1.95. The Kier molecular flexibility index (Phi) is 3.71. The van der Waals surface area contributed by atoms with Crippen molar-refractivity contribution in [1.29, 1.82) is 0 Å². The van der Waals surface area contributed by atoms with Crippen molar-refractivity contribution >= 4 is 39.4 Å². The third-order valence-corrected chi connectivity index (χ3v) is 2.69. The van der Waals surface area contributed by atoms with Gasteiger partial charge >= 0.3 is 0 Å². The Hall–Kier alpha value is -1.46. The summed E-state index contributed by atoms with van der Waals surface area (Å²) in [6.45, 7) is 0. The van der Waals surface area contributed by atoms with Crippen LogP contribution >= 0.6 is 27.5 Å². The molecular formula is C11H7BrClN3O. The van der Waals surface area contributed by atoms with Crippen LogP contribution < -0.4 is 5.32 Å². The minimum Gasteiger partial charge on any atom is -0.290 e. The zero-order valence-electron chi connectivity index (χ0n) is 8.52. The second-order valence-corrected chi connectivity index (χ2v) is 4.47. The first-order valence-electron chi connectivity index (χ1n) is 4.70. The lowest BCUT2D eigenvalue weighted by Crippen LogP contribution is -2.13.